The predicted molar refractivity (Wildman–Crippen MR) is 121 cm³/mol. The molecule has 4 heteroatoms. The summed E-state index contributed by atoms with van der Waals surface area (Å²) >= 11 is 0. The molecule has 2 aromatic carbocycles. The number of aryl methyl sites for hydroxylation is 3. The third-order valence-electron chi connectivity index (χ3n) is 6.09. The summed E-state index contributed by atoms with van der Waals surface area (Å²) in [7, 11) is 0. The van der Waals surface area contributed by atoms with E-state index in [0.717, 1.165) is 24.0 Å². The second-order valence-electron chi connectivity index (χ2n) is 8.66. The fourth-order valence-corrected chi connectivity index (χ4v) is 4.01. The summed E-state index contributed by atoms with van der Waals surface area (Å²) in [6, 6.07) is 16.2. The summed E-state index contributed by atoms with van der Waals surface area (Å²) in [6.07, 6.45) is 5.50. The standard InChI is InChI=1S/C26H34N2O2/c1-19-8-12-22(13-9-19)16-17-25(29)28(18-23-14-10-20(2)11-15-23)21(3)26(30)27-24-6-4-5-7-24/h8-15,21,24H,4-7,16-18H2,1-3H3,(H,27,30). The van der Waals surface area contributed by atoms with Gasteiger partial charge in [-0.2, -0.15) is 0 Å². The zero-order valence-electron chi connectivity index (χ0n) is 18.5. The van der Waals surface area contributed by atoms with Crippen LogP contribution in [0.2, 0.25) is 0 Å². The fraction of sp³-hybridized carbons (Fsp3) is 0.462. The first kappa shape index (κ1) is 22.1. The van der Waals surface area contributed by atoms with E-state index >= 15 is 0 Å². The highest BCUT2D eigenvalue weighted by Gasteiger charge is 2.28. The second-order valence-corrected chi connectivity index (χ2v) is 8.66. The molecule has 1 unspecified atom stereocenters. The van der Waals surface area contributed by atoms with Gasteiger partial charge < -0.3 is 10.2 Å². The maximum Gasteiger partial charge on any atom is 0.242 e. The fourth-order valence-electron chi connectivity index (χ4n) is 4.01. The van der Waals surface area contributed by atoms with Crippen molar-refractivity contribution in [3.8, 4) is 0 Å². The molecule has 160 valence electrons. The number of amides is 2. The van der Waals surface area contributed by atoms with E-state index in [2.05, 4.69) is 36.5 Å². The number of carbonyl (C=O) groups is 2. The molecule has 1 fully saturated rings. The molecule has 1 N–H and O–H groups in total. The van der Waals surface area contributed by atoms with Crippen LogP contribution in [-0.4, -0.2) is 28.8 Å². The largest absolute Gasteiger partial charge is 0.352 e. The normalized spacial score (nSPS) is 15.0. The maximum atomic E-state index is 13.2. The van der Waals surface area contributed by atoms with Crippen molar-refractivity contribution in [1.82, 2.24) is 10.2 Å². The average Bonchev–Trinajstić information content (AvgIpc) is 3.25. The van der Waals surface area contributed by atoms with Gasteiger partial charge in [0.1, 0.15) is 6.04 Å². The number of benzene rings is 2. The van der Waals surface area contributed by atoms with Gasteiger partial charge >= 0.3 is 0 Å². The summed E-state index contributed by atoms with van der Waals surface area (Å²) in [5.74, 6) is -0.0251. The molecule has 0 aliphatic heterocycles. The van der Waals surface area contributed by atoms with Gasteiger partial charge in [-0.15, -0.1) is 0 Å². The zero-order chi connectivity index (χ0) is 21.5. The first-order chi connectivity index (χ1) is 14.4. The molecule has 2 aromatic rings. The third-order valence-corrected chi connectivity index (χ3v) is 6.09. The van der Waals surface area contributed by atoms with Gasteiger partial charge in [-0.05, 0) is 51.2 Å². The maximum absolute atomic E-state index is 13.2. The van der Waals surface area contributed by atoms with E-state index in [9.17, 15) is 9.59 Å². The molecule has 1 aliphatic rings. The minimum absolute atomic E-state index is 0.0187. The Kier molecular flexibility index (Phi) is 7.67. The minimum Gasteiger partial charge on any atom is -0.352 e. The van der Waals surface area contributed by atoms with E-state index < -0.39 is 6.04 Å². The summed E-state index contributed by atoms with van der Waals surface area (Å²) in [5, 5.41) is 3.16. The molecule has 0 radical (unpaired) electrons. The van der Waals surface area contributed by atoms with Crippen LogP contribution in [0.15, 0.2) is 48.5 Å². The number of carbonyl (C=O) groups excluding carboxylic acids is 2. The van der Waals surface area contributed by atoms with Crippen LogP contribution in [0.1, 0.15) is 61.3 Å². The number of nitrogens with zero attached hydrogens (tertiary/aromatic N) is 1. The monoisotopic (exact) mass is 406 g/mol. The number of hydrogen-bond acceptors (Lipinski definition) is 2. The average molecular weight is 407 g/mol. The molecule has 0 bridgehead atoms. The molecule has 2 amide bonds. The molecule has 4 nitrogen and oxygen atoms in total. The molecule has 0 saturated heterocycles. The lowest BCUT2D eigenvalue weighted by molar-refractivity contribution is -0.140. The van der Waals surface area contributed by atoms with Gasteiger partial charge in [-0.1, -0.05) is 72.5 Å². The van der Waals surface area contributed by atoms with Crippen LogP contribution in [0.4, 0.5) is 0 Å². The van der Waals surface area contributed by atoms with E-state index in [1.165, 1.54) is 24.0 Å². The van der Waals surface area contributed by atoms with Crippen molar-refractivity contribution < 1.29 is 9.59 Å². The molecule has 1 aliphatic carbocycles. The van der Waals surface area contributed by atoms with Crippen molar-refractivity contribution in [3.63, 3.8) is 0 Å². The van der Waals surface area contributed by atoms with Gasteiger partial charge in [0.05, 0.1) is 0 Å². The number of hydrogen-bond donors (Lipinski definition) is 1. The van der Waals surface area contributed by atoms with Crippen molar-refractivity contribution in [2.75, 3.05) is 0 Å². The number of rotatable bonds is 8. The molecule has 0 spiro atoms. The molecule has 3 rings (SSSR count). The van der Waals surface area contributed by atoms with E-state index in [4.69, 9.17) is 0 Å². The SMILES string of the molecule is Cc1ccc(CCC(=O)N(Cc2ccc(C)cc2)C(C)C(=O)NC2CCCC2)cc1. The van der Waals surface area contributed by atoms with E-state index in [1.54, 1.807) is 4.90 Å². The van der Waals surface area contributed by atoms with Crippen LogP contribution in [-0.2, 0) is 22.6 Å². The van der Waals surface area contributed by atoms with Gasteiger partial charge in [0.25, 0.3) is 0 Å². The van der Waals surface area contributed by atoms with Crippen LogP contribution < -0.4 is 5.32 Å². The lowest BCUT2D eigenvalue weighted by atomic mass is 10.1. The van der Waals surface area contributed by atoms with Crippen molar-refractivity contribution in [1.29, 1.82) is 0 Å². The topological polar surface area (TPSA) is 49.4 Å². The first-order valence-corrected chi connectivity index (χ1v) is 11.1. The Hall–Kier alpha value is -2.62. The van der Waals surface area contributed by atoms with Crippen molar-refractivity contribution in [2.24, 2.45) is 0 Å². The van der Waals surface area contributed by atoms with Gasteiger partial charge in [-0.3, -0.25) is 9.59 Å². The molecule has 0 heterocycles. The van der Waals surface area contributed by atoms with Crippen LogP contribution in [0, 0.1) is 13.8 Å². The first-order valence-electron chi connectivity index (χ1n) is 11.1. The quantitative estimate of drug-likeness (QED) is 0.690. The molecule has 1 saturated carbocycles. The van der Waals surface area contributed by atoms with Crippen molar-refractivity contribution >= 4 is 11.8 Å². The van der Waals surface area contributed by atoms with Gasteiger partial charge in [0, 0.05) is 19.0 Å². The zero-order valence-corrected chi connectivity index (χ0v) is 18.5. The van der Waals surface area contributed by atoms with E-state index in [-0.39, 0.29) is 17.9 Å². The van der Waals surface area contributed by atoms with Crippen LogP contribution in [0.5, 0.6) is 0 Å². The summed E-state index contributed by atoms with van der Waals surface area (Å²) in [4.78, 5) is 27.8. The summed E-state index contributed by atoms with van der Waals surface area (Å²) in [6.45, 7) is 6.41. The van der Waals surface area contributed by atoms with Crippen molar-refractivity contribution in [2.45, 2.75) is 77.9 Å². The highest BCUT2D eigenvalue weighted by Crippen LogP contribution is 2.19. The lowest BCUT2D eigenvalue weighted by Crippen LogP contribution is -2.49. The Balaban J connectivity index is 1.69. The van der Waals surface area contributed by atoms with Crippen LogP contribution >= 0.6 is 0 Å². The van der Waals surface area contributed by atoms with Gasteiger partial charge in [0.2, 0.25) is 11.8 Å². The van der Waals surface area contributed by atoms with Crippen molar-refractivity contribution in [3.05, 3.63) is 70.8 Å². The Morgan fingerprint density at radius 1 is 0.933 bits per heavy atom. The third kappa shape index (κ3) is 6.19. The summed E-state index contributed by atoms with van der Waals surface area (Å²) < 4.78 is 0. The lowest BCUT2D eigenvalue weighted by Gasteiger charge is -2.30. The molecular formula is C26H34N2O2. The highest BCUT2D eigenvalue weighted by atomic mass is 16.2. The van der Waals surface area contributed by atoms with Gasteiger partial charge in [0.15, 0.2) is 0 Å². The molecular weight excluding hydrogens is 372 g/mol. The van der Waals surface area contributed by atoms with E-state index in [0.29, 0.717) is 19.4 Å². The van der Waals surface area contributed by atoms with Crippen LogP contribution in [0.25, 0.3) is 0 Å². The molecule has 1 atom stereocenters. The number of nitrogens with one attached hydrogen (secondary N) is 1. The van der Waals surface area contributed by atoms with Crippen LogP contribution in [0.3, 0.4) is 0 Å². The Morgan fingerprint density at radius 2 is 1.47 bits per heavy atom. The minimum atomic E-state index is -0.488. The summed E-state index contributed by atoms with van der Waals surface area (Å²) in [5.41, 5.74) is 4.59. The molecule has 0 aromatic heterocycles. The molecule has 30 heavy (non-hydrogen) atoms. The Labute approximate surface area is 180 Å². The highest BCUT2D eigenvalue weighted by molar-refractivity contribution is 5.87. The second kappa shape index (κ2) is 10.4. The Bertz CT molecular complexity index is 836. The Morgan fingerprint density at radius 3 is 2.03 bits per heavy atom. The van der Waals surface area contributed by atoms with E-state index in [1.807, 2.05) is 38.1 Å². The predicted octanol–water partition coefficient (Wildman–Crippen LogP) is 4.71. The van der Waals surface area contributed by atoms with Gasteiger partial charge in [-0.25, -0.2) is 0 Å². The smallest absolute Gasteiger partial charge is 0.242 e.